The van der Waals surface area contributed by atoms with E-state index in [1.165, 1.54) is 0 Å². The maximum absolute atomic E-state index is 5.41. The molecule has 15 heavy (non-hydrogen) atoms. The molecule has 1 N–H and O–H groups in total. The van der Waals surface area contributed by atoms with Gasteiger partial charge in [0.15, 0.2) is 0 Å². The van der Waals surface area contributed by atoms with E-state index in [2.05, 4.69) is 27.2 Å². The zero-order chi connectivity index (χ0) is 11.3. The van der Waals surface area contributed by atoms with Crippen LogP contribution in [0.2, 0.25) is 0 Å². The fraction of sp³-hybridized carbons (Fsp3) is 0.700. The summed E-state index contributed by atoms with van der Waals surface area (Å²) in [4.78, 5) is 12.4. The van der Waals surface area contributed by atoms with Gasteiger partial charge in [-0.2, -0.15) is 15.0 Å². The van der Waals surface area contributed by atoms with Crippen molar-refractivity contribution in [3.05, 3.63) is 5.82 Å². The Labute approximate surface area is 90.3 Å². The fourth-order valence-corrected chi connectivity index (χ4v) is 1.04. The first-order chi connectivity index (χ1) is 7.11. The summed E-state index contributed by atoms with van der Waals surface area (Å²) in [6, 6.07) is 0.385. The van der Waals surface area contributed by atoms with E-state index in [0.29, 0.717) is 17.8 Å². The predicted molar refractivity (Wildman–Crippen MR) is 59.1 cm³/mol. The number of hydrogen-bond donors (Lipinski definition) is 1. The Morgan fingerprint density at radius 3 is 2.60 bits per heavy atom. The van der Waals surface area contributed by atoms with Crippen molar-refractivity contribution in [2.75, 3.05) is 11.9 Å². The van der Waals surface area contributed by atoms with Gasteiger partial charge in [0.25, 0.3) is 0 Å². The average molecular weight is 210 g/mol. The molecule has 5 heteroatoms. The normalized spacial score (nSPS) is 10.5. The first-order valence-corrected chi connectivity index (χ1v) is 5.25. The standard InChI is InChI=1S/C10H18N4O/c1-5-6-11-9-12-8(4)13-10(14-9)15-7(2)3/h7H,5-6H2,1-4H3,(H,11,12,13,14). The molecule has 0 saturated heterocycles. The summed E-state index contributed by atoms with van der Waals surface area (Å²) in [6.07, 6.45) is 1.11. The number of rotatable bonds is 5. The molecule has 1 rings (SSSR count). The van der Waals surface area contributed by atoms with Gasteiger partial charge in [0, 0.05) is 6.54 Å². The first kappa shape index (κ1) is 11.7. The molecule has 1 aromatic heterocycles. The molecular weight excluding hydrogens is 192 g/mol. The smallest absolute Gasteiger partial charge is 0.321 e. The summed E-state index contributed by atoms with van der Waals surface area (Å²) in [6.45, 7) is 8.65. The van der Waals surface area contributed by atoms with Crippen LogP contribution < -0.4 is 10.1 Å². The molecule has 0 aliphatic carbocycles. The van der Waals surface area contributed by atoms with Crippen LogP contribution in [0, 0.1) is 6.92 Å². The molecule has 0 amide bonds. The molecule has 0 fully saturated rings. The Morgan fingerprint density at radius 1 is 1.27 bits per heavy atom. The third-order valence-electron chi connectivity index (χ3n) is 1.60. The first-order valence-electron chi connectivity index (χ1n) is 5.25. The van der Waals surface area contributed by atoms with Gasteiger partial charge in [-0.3, -0.25) is 0 Å². The van der Waals surface area contributed by atoms with Gasteiger partial charge in [-0.25, -0.2) is 0 Å². The Hall–Kier alpha value is -1.39. The van der Waals surface area contributed by atoms with Crippen molar-refractivity contribution in [2.24, 2.45) is 0 Å². The van der Waals surface area contributed by atoms with Gasteiger partial charge in [0.2, 0.25) is 5.95 Å². The Bertz CT molecular complexity index is 314. The number of aromatic nitrogens is 3. The van der Waals surface area contributed by atoms with E-state index < -0.39 is 0 Å². The lowest BCUT2D eigenvalue weighted by Gasteiger charge is -2.09. The molecule has 5 nitrogen and oxygen atoms in total. The minimum atomic E-state index is 0.0748. The van der Waals surface area contributed by atoms with E-state index in [4.69, 9.17) is 4.74 Å². The second-order valence-electron chi connectivity index (χ2n) is 3.58. The molecule has 0 radical (unpaired) electrons. The second kappa shape index (κ2) is 5.48. The number of ether oxygens (including phenoxy) is 1. The van der Waals surface area contributed by atoms with Crippen LogP contribution in [-0.2, 0) is 0 Å². The molecule has 1 aromatic rings. The van der Waals surface area contributed by atoms with Crippen LogP contribution in [0.4, 0.5) is 5.95 Å². The fourth-order valence-electron chi connectivity index (χ4n) is 1.04. The molecule has 0 atom stereocenters. The lowest BCUT2D eigenvalue weighted by Crippen LogP contribution is -2.12. The van der Waals surface area contributed by atoms with Crippen molar-refractivity contribution in [3.8, 4) is 6.01 Å². The quantitative estimate of drug-likeness (QED) is 0.802. The van der Waals surface area contributed by atoms with Gasteiger partial charge in [0.1, 0.15) is 5.82 Å². The molecule has 0 aliphatic heterocycles. The van der Waals surface area contributed by atoms with Crippen LogP contribution in [0.3, 0.4) is 0 Å². The molecule has 1 heterocycles. The van der Waals surface area contributed by atoms with Crippen LogP contribution >= 0.6 is 0 Å². The number of anilines is 1. The van der Waals surface area contributed by atoms with Crippen molar-refractivity contribution >= 4 is 5.95 Å². The summed E-state index contributed by atoms with van der Waals surface area (Å²) in [5, 5.41) is 3.11. The number of nitrogens with one attached hydrogen (secondary N) is 1. The minimum Gasteiger partial charge on any atom is -0.461 e. The van der Waals surface area contributed by atoms with Crippen LogP contribution in [0.5, 0.6) is 6.01 Å². The van der Waals surface area contributed by atoms with Crippen molar-refractivity contribution < 1.29 is 4.74 Å². The lowest BCUT2D eigenvalue weighted by molar-refractivity contribution is 0.221. The zero-order valence-electron chi connectivity index (χ0n) is 9.74. The highest BCUT2D eigenvalue weighted by Crippen LogP contribution is 2.08. The van der Waals surface area contributed by atoms with Crippen LogP contribution in [0.25, 0.3) is 0 Å². The van der Waals surface area contributed by atoms with E-state index in [1.807, 2.05) is 20.8 Å². The lowest BCUT2D eigenvalue weighted by atomic mass is 10.5. The van der Waals surface area contributed by atoms with Crippen LogP contribution in [0.1, 0.15) is 33.0 Å². The van der Waals surface area contributed by atoms with E-state index >= 15 is 0 Å². The van der Waals surface area contributed by atoms with Gasteiger partial charge in [0.05, 0.1) is 6.10 Å². The molecular formula is C10H18N4O. The van der Waals surface area contributed by atoms with E-state index in [-0.39, 0.29) is 6.10 Å². The van der Waals surface area contributed by atoms with E-state index in [0.717, 1.165) is 13.0 Å². The number of aryl methyl sites for hydroxylation is 1. The summed E-state index contributed by atoms with van der Waals surface area (Å²) >= 11 is 0. The van der Waals surface area contributed by atoms with Crippen LogP contribution in [0.15, 0.2) is 0 Å². The highest BCUT2D eigenvalue weighted by Gasteiger charge is 2.05. The topological polar surface area (TPSA) is 59.9 Å². The molecule has 0 unspecified atom stereocenters. The monoisotopic (exact) mass is 210 g/mol. The maximum atomic E-state index is 5.41. The molecule has 84 valence electrons. The molecule has 0 saturated carbocycles. The molecule has 0 aliphatic rings. The van der Waals surface area contributed by atoms with Gasteiger partial charge in [-0.15, -0.1) is 0 Å². The van der Waals surface area contributed by atoms with Gasteiger partial charge in [-0.1, -0.05) is 6.92 Å². The zero-order valence-corrected chi connectivity index (χ0v) is 9.74. The Morgan fingerprint density at radius 2 is 2.00 bits per heavy atom. The van der Waals surface area contributed by atoms with Crippen molar-refractivity contribution in [3.63, 3.8) is 0 Å². The van der Waals surface area contributed by atoms with Crippen molar-refractivity contribution in [2.45, 2.75) is 40.2 Å². The predicted octanol–water partition coefficient (Wildman–Crippen LogP) is 1.79. The summed E-state index contributed by atoms with van der Waals surface area (Å²) in [5.74, 6) is 1.25. The number of hydrogen-bond acceptors (Lipinski definition) is 5. The van der Waals surface area contributed by atoms with Gasteiger partial charge in [-0.05, 0) is 27.2 Å². The second-order valence-corrected chi connectivity index (χ2v) is 3.58. The van der Waals surface area contributed by atoms with Gasteiger partial charge < -0.3 is 10.1 Å². The van der Waals surface area contributed by atoms with Crippen molar-refractivity contribution in [1.82, 2.24) is 15.0 Å². The maximum Gasteiger partial charge on any atom is 0.321 e. The Kier molecular flexibility index (Phi) is 4.27. The number of nitrogens with zero attached hydrogens (tertiary/aromatic N) is 3. The largest absolute Gasteiger partial charge is 0.461 e. The third-order valence-corrected chi connectivity index (χ3v) is 1.60. The van der Waals surface area contributed by atoms with Crippen molar-refractivity contribution in [1.29, 1.82) is 0 Å². The SMILES string of the molecule is CCCNc1nc(C)nc(OC(C)C)n1. The summed E-state index contributed by atoms with van der Waals surface area (Å²) in [5.41, 5.74) is 0. The summed E-state index contributed by atoms with van der Waals surface area (Å²) in [7, 11) is 0. The average Bonchev–Trinajstić information content (AvgIpc) is 2.12. The van der Waals surface area contributed by atoms with Crippen LogP contribution in [-0.4, -0.2) is 27.6 Å². The highest BCUT2D eigenvalue weighted by molar-refractivity contribution is 5.25. The van der Waals surface area contributed by atoms with Gasteiger partial charge >= 0.3 is 6.01 Å². The molecule has 0 aromatic carbocycles. The molecule has 0 bridgehead atoms. The minimum absolute atomic E-state index is 0.0748. The highest BCUT2D eigenvalue weighted by atomic mass is 16.5. The summed E-state index contributed by atoms with van der Waals surface area (Å²) < 4.78 is 5.41. The van der Waals surface area contributed by atoms with E-state index in [1.54, 1.807) is 0 Å². The Balaban J connectivity index is 2.75. The third kappa shape index (κ3) is 4.10. The van der Waals surface area contributed by atoms with E-state index in [9.17, 15) is 0 Å². The molecule has 0 spiro atoms.